The first-order valence-electron chi connectivity index (χ1n) is 7.24. The number of amides is 4. The van der Waals surface area contributed by atoms with Crippen LogP contribution in [0, 0.1) is 0 Å². The first kappa shape index (κ1) is 14.8. The molecule has 2 rings (SSSR count). The average Bonchev–Trinajstić information content (AvgIpc) is 2.67. The zero-order chi connectivity index (χ0) is 14.5. The van der Waals surface area contributed by atoms with Crippen LogP contribution >= 0.6 is 0 Å². The molecule has 0 aliphatic carbocycles. The highest BCUT2D eigenvalue weighted by atomic mass is 16.2. The summed E-state index contributed by atoms with van der Waals surface area (Å²) in [5.74, 6) is -0.344. The van der Waals surface area contributed by atoms with E-state index in [2.05, 4.69) is 10.6 Å². The average molecular weight is 282 g/mol. The van der Waals surface area contributed by atoms with E-state index in [4.69, 9.17) is 0 Å². The van der Waals surface area contributed by atoms with Gasteiger partial charge in [-0.15, -0.1) is 0 Å². The maximum atomic E-state index is 12.2. The van der Waals surface area contributed by atoms with E-state index in [1.54, 1.807) is 4.90 Å². The van der Waals surface area contributed by atoms with Crippen LogP contribution < -0.4 is 10.6 Å². The molecule has 4 amide bonds. The molecule has 2 N–H and O–H groups in total. The molecule has 2 saturated heterocycles. The largest absolute Gasteiger partial charge is 0.341 e. The molecule has 0 bridgehead atoms. The molecule has 7 nitrogen and oxygen atoms in total. The summed E-state index contributed by atoms with van der Waals surface area (Å²) in [5.41, 5.74) is 0. The topological polar surface area (TPSA) is 81.8 Å². The van der Waals surface area contributed by atoms with Gasteiger partial charge in [0.05, 0.1) is 6.42 Å². The second-order valence-corrected chi connectivity index (χ2v) is 5.18. The molecule has 2 aliphatic rings. The van der Waals surface area contributed by atoms with Gasteiger partial charge in [-0.2, -0.15) is 0 Å². The first-order chi connectivity index (χ1) is 9.63. The first-order valence-corrected chi connectivity index (χ1v) is 7.24. The zero-order valence-electron chi connectivity index (χ0n) is 11.9. The summed E-state index contributed by atoms with van der Waals surface area (Å²) in [5, 5.41) is 5.83. The number of carbonyl (C=O) groups is 3. The standard InChI is InChI=1S/C13H22N4O3/c1-2-6-17-12(19)10(15-13(17)20)9-11(18)16-7-3-4-14-5-8-16/h10,14H,2-9H2,1H3,(H,15,20)/t10-/m0/s1. The number of nitrogens with one attached hydrogen (secondary N) is 2. The van der Waals surface area contributed by atoms with Crippen molar-refractivity contribution in [1.29, 1.82) is 0 Å². The molecule has 20 heavy (non-hydrogen) atoms. The lowest BCUT2D eigenvalue weighted by atomic mass is 10.2. The van der Waals surface area contributed by atoms with Crippen molar-refractivity contribution in [3.63, 3.8) is 0 Å². The third kappa shape index (κ3) is 3.27. The summed E-state index contributed by atoms with van der Waals surface area (Å²) in [6, 6.07) is -1.08. The van der Waals surface area contributed by atoms with Gasteiger partial charge >= 0.3 is 6.03 Å². The van der Waals surface area contributed by atoms with E-state index < -0.39 is 6.04 Å². The Kier molecular flexibility index (Phi) is 4.94. The Balaban J connectivity index is 1.91. The normalized spacial score (nSPS) is 23.8. The minimum Gasteiger partial charge on any atom is -0.341 e. The quantitative estimate of drug-likeness (QED) is 0.683. The van der Waals surface area contributed by atoms with Gasteiger partial charge in [0, 0.05) is 26.2 Å². The van der Waals surface area contributed by atoms with Gasteiger partial charge in [0.25, 0.3) is 5.91 Å². The van der Waals surface area contributed by atoms with Gasteiger partial charge in [-0.1, -0.05) is 6.92 Å². The van der Waals surface area contributed by atoms with Crippen LogP contribution in [0.15, 0.2) is 0 Å². The molecule has 2 heterocycles. The number of carbonyl (C=O) groups excluding carboxylic acids is 3. The van der Waals surface area contributed by atoms with Gasteiger partial charge < -0.3 is 15.5 Å². The van der Waals surface area contributed by atoms with E-state index in [-0.39, 0.29) is 24.3 Å². The Morgan fingerprint density at radius 2 is 2.10 bits per heavy atom. The van der Waals surface area contributed by atoms with E-state index in [0.717, 1.165) is 25.9 Å². The Bertz CT molecular complexity index is 391. The fraction of sp³-hybridized carbons (Fsp3) is 0.769. The second kappa shape index (κ2) is 6.69. The van der Waals surface area contributed by atoms with Crippen molar-refractivity contribution in [3.8, 4) is 0 Å². The number of hydrogen-bond donors (Lipinski definition) is 2. The zero-order valence-corrected chi connectivity index (χ0v) is 11.9. The summed E-state index contributed by atoms with van der Waals surface area (Å²) >= 11 is 0. The Hall–Kier alpha value is -1.63. The Morgan fingerprint density at radius 3 is 2.85 bits per heavy atom. The van der Waals surface area contributed by atoms with Crippen LogP contribution in [0.1, 0.15) is 26.2 Å². The maximum absolute atomic E-state index is 12.2. The highest BCUT2D eigenvalue weighted by molar-refractivity contribution is 6.05. The number of nitrogens with zero attached hydrogens (tertiary/aromatic N) is 2. The number of hydrogen-bond acceptors (Lipinski definition) is 4. The van der Waals surface area contributed by atoms with Crippen LogP contribution in [0.2, 0.25) is 0 Å². The van der Waals surface area contributed by atoms with E-state index in [1.807, 2.05) is 6.92 Å². The van der Waals surface area contributed by atoms with E-state index in [0.29, 0.717) is 19.6 Å². The lowest BCUT2D eigenvalue weighted by Crippen LogP contribution is -2.40. The lowest BCUT2D eigenvalue weighted by Gasteiger charge is -2.21. The number of imide groups is 1. The molecular weight excluding hydrogens is 260 g/mol. The fourth-order valence-corrected chi connectivity index (χ4v) is 2.55. The summed E-state index contributed by atoms with van der Waals surface area (Å²) in [4.78, 5) is 38.9. The summed E-state index contributed by atoms with van der Waals surface area (Å²) in [6.07, 6.45) is 1.70. The van der Waals surface area contributed by atoms with Crippen molar-refractivity contribution < 1.29 is 14.4 Å². The molecule has 1 atom stereocenters. The van der Waals surface area contributed by atoms with Crippen LogP contribution in [0.25, 0.3) is 0 Å². The Labute approximate surface area is 118 Å². The summed E-state index contributed by atoms with van der Waals surface area (Å²) in [7, 11) is 0. The molecule has 0 saturated carbocycles. The lowest BCUT2D eigenvalue weighted by molar-refractivity contribution is -0.135. The smallest absolute Gasteiger partial charge is 0.324 e. The van der Waals surface area contributed by atoms with Crippen molar-refractivity contribution >= 4 is 17.8 Å². The summed E-state index contributed by atoms with van der Waals surface area (Å²) < 4.78 is 0. The van der Waals surface area contributed by atoms with E-state index in [1.165, 1.54) is 4.90 Å². The second-order valence-electron chi connectivity index (χ2n) is 5.18. The number of rotatable bonds is 4. The highest BCUT2D eigenvalue weighted by Crippen LogP contribution is 2.12. The summed E-state index contributed by atoms with van der Waals surface area (Å²) in [6.45, 7) is 5.36. The number of urea groups is 1. The van der Waals surface area contributed by atoms with Gasteiger partial charge in [-0.05, 0) is 19.4 Å². The SMILES string of the molecule is CCCN1C(=O)N[C@@H](CC(=O)N2CCCNCC2)C1=O. The predicted molar refractivity (Wildman–Crippen MR) is 73.0 cm³/mol. The maximum Gasteiger partial charge on any atom is 0.324 e. The third-order valence-electron chi connectivity index (χ3n) is 3.63. The van der Waals surface area contributed by atoms with Crippen molar-refractivity contribution in [2.45, 2.75) is 32.2 Å². The molecule has 0 spiro atoms. The van der Waals surface area contributed by atoms with Crippen LogP contribution in [0.5, 0.6) is 0 Å². The van der Waals surface area contributed by atoms with Crippen molar-refractivity contribution in [1.82, 2.24) is 20.4 Å². The van der Waals surface area contributed by atoms with Crippen LogP contribution in [0.3, 0.4) is 0 Å². The predicted octanol–water partition coefficient (Wildman–Crippen LogP) is -0.471. The molecule has 2 aliphatic heterocycles. The minimum atomic E-state index is -0.697. The van der Waals surface area contributed by atoms with Crippen molar-refractivity contribution in [2.75, 3.05) is 32.7 Å². The molecule has 0 radical (unpaired) electrons. The molecule has 7 heteroatoms. The molecule has 0 aromatic carbocycles. The van der Waals surface area contributed by atoms with Crippen LogP contribution in [-0.2, 0) is 9.59 Å². The van der Waals surface area contributed by atoms with Gasteiger partial charge in [0.1, 0.15) is 6.04 Å². The van der Waals surface area contributed by atoms with Crippen LogP contribution in [-0.4, -0.2) is 66.4 Å². The van der Waals surface area contributed by atoms with Crippen LogP contribution in [0.4, 0.5) is 4.79 Å². The van der Waals surface area contributed by atoms with Crippen molar-refractivity contribution in [2.24, 2.45) is 0 Å². The van der Waals surface area contributed by atoms with Gasteiger partial charge in [-0.25, -0.2) is 4.79 Å². The Morgan fingerprint density at radius 1 is 1.30 bits per heavy atom. The molecule has 2 fully saturated rings. The van der Waals surface area contributed by atoms with Gasteiger partial charge in [0.15, 0.2) is 0 Å². The monoisotopic (exact) mass is 282 g/mol. The molecule has 0 aromatic rings. The van der Waals surface area contributed by atoms with Crippen molar-refractivity contribution in [3.05, 3.63) is 0 Å². The molecule has 0 unspecified atom stereocenters. The molecular formula is C13H22N4O3. The highest BCUT2D eigenvalue weighted by Gasteiger charge is 2.39. The van der Waals surface area contributed by atoms with Gasteiger partial charge in [0.2, 0.25) is 5.91 Å². The van der Waals surface area contributed by atoms with E-state index >= 15 is 0 Å². The fourth-order valence-electron chi connectivity index (χ4n) is 2.55. The third-order valence-corrected chi connectivity index (χ3v) is 3.63. The minimum absolute atomic E-state index is 0.0603. The van der Waals surface area contributed by atoms with E-state index in [9.17, 15) is 14.4 Å². The van der Waals surface area contributed by atoms with Gasteiger partial charge in [-0.3, -0.25) is 14.5 Å². The molecule has 0 aromatic heterocycles. The molecule has 112 valence electrons.